The maximum atomic E-state index is 13.2. The van der Waals surface area contributed by atoms with Gasteiger partial charge in [-0.15, -0.1) is 11.3 Å². The number of nitrogens with one attached hydrogen (secondary N) is 1. The van der Waals surface area contributed by atoms with Gasteiger partial charge in [-0.05, 0) is 42.6 Å². The molecule has 0 atom stereocenters. The number of nitrogens with zero attached hydrogens (tertiary/aromatic N) is 1. The fourth-order valence-electron chi connectivity index (χ4n) is 2.42. The Hall–Kier alpha value is -2.67. The Morgan fingerprint density at radius 2 is 2.12 bits per heavy atom. The van der Waals surface area contributed by atoms with Crippen LogP contribution in [0.5, 0.6) is 0 Å². The van der Waals surface area contributed by atoms with Crippen LogP contribution in [0.4, 0.5) is 10.1 Å². The molecule has 7 heteroatoms. The van der Waals surface area contributed by atoms with Gasteiger partial charge in [-0.1, -0.05) is 6.07 Å². The first-order valence-electron chi connectivity index (χ1n) is 7.37. The highest BCUT2D eigenvalue weighted by Gasteiger charge is 2.19. The van der Waals surface area contributed by atoms with Crippen LogP contribution in [0.1, 0.15) is 17.4 Å². The fourth-order valence-corrected chi connectivity index (χ4v) is 3.31. The van der Waals surface area contributed by atoms with Crippen LogP contribution in [0.2, 0.25) is 0 Å². The third kappa shape index (κ3) is 3.30. The van der Waals surface area contributed by atoms with Crippen LogP contribution in [0.15, 0.2) is 41.8 Å². The molecular weight excluding hydrogens is 331 g/mol. The summed E-state index contributed by atoms with van der Waals surface area (Å²) in [6.45, 7) is 1.92. The molecule has 5 nitrogen and oxygen atoms in total. The molecule has 124 valence electrons. The topological polar surface area (TPSA) is 60.3 Å². The number of ether oxygens (including phenoxy) is 1. The van der Waals surface area contributed by atoms with E-state index >= 15 is 0 Å². The second-order valence-corrected chi connectivity index (χ2v) is 5.97. The van der Waals surface area contributed by atoms with E-state index in [1.165, 1.54) is 29.5 Å². The number of anilines is 1. The van der Waals surface area contributed by atoms with Gasteiger partial charge in [0.05, 0.1) is 6.61 Å². The first kappa shape index (κ1) is 16.2. The number of hydrogen-bond donors (Lipinski definition) is 1. The minimum absolute atomic E-state index is 0.0608. The number of esters is 1. The summed E-state index contributed by atoms with van der Waals surface area (Å²) in [5.74, 6) is -1.25. The van der Waals surface area contributed by atoms with Gasteiger partial charge >= 0.3 is 5.97 Å². The van der Waals surface area contributed by atoms with Crippen LogP contribution < -0.4 is 5.32 Å². The Morgan fingerprint density at radius 3 is 2.88 bits per heavy atom. The van der Waals surface area contributed by atoms with Gasteiger partial charge in [-0.25, -0.2) is 9.18 Å². The smallest absolute Gasteiger partial charge is 0.355 e. The summed E-state index contributed by atoms with van der Waals surface area (Å²) in [5, 5.41) is 5.39. The number of hydrogen-bond acceptors (Lipinski definition) is 4. The van der Waals surface area contributed by atoms with Crippen molar-refractivity contribution in [3.63, 3.8) is 0 Å². The molecule has 1 amide bonds. The van der Waals surface area contributed by atoms with Gasteiger partial charge in [0.1, 0.15) is 22.9 Å². The maximum absolute atomic E-state index is 13.2. The van der Waals surface area contributed by atoms with E-state index in [-0.39, 0.29) is 19.1 Å². The van der Waals surface area contributed by atoms with Crippen LogP contribution in [-0.2, 0) is 16.1 Å². The molecule has 0 spiro atoms. The molecule has 3 aromatic rings. The Labute approximate surface area is 141 Å². The molecule has 0 aliphatic carbocycles. The zero-order valence-corrected chi connectivity index (χ0v) is 13.7. The normalized spacial score (nSPS) is 10.8. The van der Waals surface area contributed by atoms with Crippen molar-refractivity contribution in [2.45, 2.75) is 13.5 Å². The first-order valence-corrected chi connectivity index (χ1v) is 8.25. The lowest BCUT2D eigenvalue weighted by atomic mass is 10.3. The number of fused-ring (bicyclic) bond motifs is 1. The van der Waals surface area contributed by atoms with Crippen molar-refractivity contribution in [3.8, 4) is 0 Å². The molecular formula is C17H15FN2O3S. The summed E-state index contributed by atoms with van der Waals surface area (Å²) in [6, 6.07) is 9.24. The van der Waals surface area contributed by atoms with Gasteiger partial charge in [-0.2, -0.15) is 0 Å². The second kappa shape index (κ2) is 6.84. The maximum Gasteiger partial charge on any atom is 0.355 e. The molecule has 0 aliphatic heterocycles. The zero-order valence-electron chi connectivity index (χ0n) is 12.9. The van der Waals surface area contributed by atoms with Crippen LogP contribution in [0.3, 0.4) is 0 Å². The number of carbonyl (C=O) groups is 2. The monoisotopic (exact) mass is 346 g/mol. The van der Waals surface area contributed by atoms with Gasteiger partial charge in [0.25, 0.3) is 0 Å². The Bertz CT molecular complexity index is 900. The Morgan fingerprint density at radius 1 is 1.29 bits per heavy atom. The third-order valence-electron chi connectivity index (χ3n) is 3.40. The largest absolute Gasteiger partial charge is 0.461 e. The van der Waals surface area contributed by atoms with Crippen LogP contribution >= 0.6 is 11.3 Å². The molecule has 24 heavy (non-hydrogen) atoms. The highest BCUT2D eigenvalue weighted by molar-refractivity contribution is 7.16. The average Bonchev–Trinajstić information content (AvgIpc) is 3.10. The van der Waals surface area contributed by atoms with E-state index in [9.17, 15) is 14.0 Å². The minimum atomic E-state index is -0.473. The van der Waals surface area contributed by atoms with Gasteiger partial charge in [-0.3, -0.25) is 4.79 Å². The molecule has 0 saturated carbocycles. The van der Waals surface area contributed by atoms with Gasteiger partial charge < -0.3 is 14.6 Å². The number of halogens is 1. The molecule has 0 fully saturated rings. The van der Waals surface area contributed by atoms with Gasteiger partial charge in [0.15, 0.2) is 0 Å². The predicted octanol–water partition coefficient (Wildman–Crippen LogP) is 3.66. The van der Waals surface area contributed by atoms with Crippen molar-refractivity contribution in [2.75, 3.05) is 11.9 Å². The molecule has 0 bridgehead atoms. The quantitative estimate of drug-likeness (QED) is 0.717. The standard InChI is InChI=1S/C17H15FN2O3S/c1-2-23-17(22)14-8-11-6-7-24-16(11)20(14)10-15(21)19-13-5-3-4-12(18)9-13/h3-9H,2,10H2,1H3,(H,19,21). The van der Waals surface area contributed by atoms with Crippen molar-refractivity contribution in [2.24, 2.45) is 0 Å². The van der Waals surface area contributed by atoms with Crippen molar-refractivity contribution in [3.05, 3.63) is 53.3 Å². The van der Waals surface area contributed by atoms with Gasteiger partial charge in [0, 0.05) is 11.1 Å². The van der Waals surface area contributed by atoms with E-state index in [2.05, 4.69) is 5.32 Å². The SMILES string of the molecule is CCOC(=O)c1cc2ccsc2n1CC(=O)Nc1cccc(F)c1. The summed E-state index contributed by atoms with van der Waals surface area (Å²) >= 11 is 1.44. The summed E-state index contributed by atoms with van der Waals surface area (Å²) < 4.78 is 19.9. The molecule has 1 N–H and O–H groups in total. The Balaban J connectivity index is 1.85. The lowest BCUT2D eigenvalue weighted by molar-refractivity contribution is -0.116. The molecule has 2 heterocycles. The number of benzene rings is 1. The molecule has 0 unspecified atom stereocenters. The summed E-state index contributed by atoms with van der Waals surface area (Å²) in [7, 11) is 0. The van der Waals surface area contributed by atoms with E-state index in [0.29, 0.717) is 11.4 Å². The average molecular weight is 346 g/mol. The number of rotatable bonds is 5. The summed E-state index contributed by atoms with van der Waals surface area (Å²) in [4.78, 5) is 25.2. The number of carbonyl (C=O) groups excluding carboxylic acids is 2. The van der Waals surface area contributed by atoms with Crippen molar-refractivity contribution in [1.82, 2.24) is 4.57 Å². The highest BCUT2D eigenvalue weighted by Crippen LogP contribution is 2.26. The number of thiophene rings is 1. The van der Waals surface area contributed by atoms with E-state index in [1.54, 1.807) is 23.6 Å². The van der Waals surface area contributed by atoms with E-state index < -0.39 is 11.8 Å². The summed E-state index contributed by atoms with van der Waals surface area (Å²) in [6.07, 6.45) is 0. The van der Waals surface area contributed by atoms with Crippen LogP contribution in [-0.4, -0.2) is 23.1 Å². The van der Waals surface area contributed by atoms with Gasteiger partial charge in [0.2, 0.25) is 5.91 Å². The van der Waals surface area contributed by atoms with E-state index in [0.717, 1.165) is 10.2 Å². The van der Waals surface area contributed by atoms with Crippen LogP contribution in [0, 0.1) is 5.82 Å². The first-order chi connectivity index (χ1) is 11.6. The van der Waals surface area contributed by atoms with E-state index in [4.69, 9.17) is 4.74 Å². The lowest BCUT2D eigenvalue weighted by Gasteiger charge is -2.10. The van der Waals surface area contributed by atoms with Crippen LogP contribution in [0.25, 0.3) is 10.2 Å². The molecule has 0 saturated heterocycles. The third-order valence-corrected chi connectivity index (χ3v) is 4.35. The molecule has 1 aromatic carbocycles. The van der Waals surface area contributed by atoms with Crippen molar-refractivity contribution in [1.29, 1.82) is 0 Å². The molecule has 0 aliphatic rings. The van der Waals surface area contributed by atoms with E-state index in [1.807, 2.05) is 11.4 Å². The fraction of sp³-hybridized carbons (Fsp3) is 0.176. The molecule has 2 aromatic heterocycles. The number of aromatic nitrogens is 1. The minimum Gasteiger partial charge on any atom is -0.461 e. The zero-order chi connectivity index (χ0) is 17.1. The van der Waals surface area contributed by atoms with Crippen molar-refractivity contribution < 1.29 is 18.7 Å². The molecule has 0 radical (unpaired) electrons. The second-order valence-electron chi connectivity index (χ2n) is 5.08. The summed E-state index contributed by atoms with van der Waals surface area (Å²) in [5.41, 5.74) is 0.695. The number of amides is 1. The Kier molecular flexibility index (Phi) is 4.61. The predicted molar refractivity (Wildman–Crippen MR) is 90.8 cm³/mol. The molecule has 3 rings (SSSR count). The highest BCUT2D eigenvalue weighted by atomic mass is 32.1. The van der Waals surface area contributed by atoms with Crippen molar-refractivity contribution >= 4 is 39.1 Å². The lowest BCUT2D eigenvalue weighted by Crippen LogP contribution is -2.21.